The van der Waals surface area contributed by atoms with Gasteiger partial charge in [-0.3, -0.25) is 4.79 Å². The number of methoxy groups -OCH3 is 1. The molecule has 3 unspecified atom stereocenters. The molecular formula is C14H15Cl2NO4. The zero-order valence-corrected chi connectivity index (χ0v) is 12.8. The number of hydrogen-bond donors (Lipinski definition) is 2. The van der Waals surface area contributed by atoms with Crippen LogP contribution in [0.4, 0.5) is 0 Å². The summed E-state index contributed by atoms with van der Waals surface area (Å²) in [6.45, 7) is -0.0680. The van der Waals surface area contributed by atoms with Crippen molar-refractivity contribution in [2.24, 2.45) is 5.92 Å². The number of aliphatic carboxylic acids is 1. The minimum Gasteiger partial charge on any atom is -0.480 e. The van der Waals surface area contributed by atoms with Crippen molar-refractivity contribution < 1.29 is 19.4 Å². The van der Waals surface area contributed by atoms with Gasteiger partial charge in [0.2, 0.25) is 5.91 Å². The number of amides is 1. The zero-order chi connectivity index (χ0) is 15.6. The van der Waals surface area contributed by atoms with Crippen LogP contribution in [0.5, 0.6) is 0 Å². The summed E-state index contributed by atoms with van der Waals surface area (Å²) < 4.78 is 4.78. The highest BCUT2D eigenvalue weighted by molar-refractivity contribution is 6.34. The maximum atomic E-state index is 12.1. The summed E-state index contributed by atoms with van der Waals surface area (Å²) in [4.78, 5) is 23.0. The Morgan fingerprint density at radius 1 is 1.38 bits per heavy atom. The third-order valence-electron chi connectivity index (χ3n) is 3.39. The van der Waals surface area contributed by atoms with E-state index in [1.54, 1.807) is 18.2 Å². The zero-order valence-electron chi connectivity index (χ0n) is 11.3. The highest BCUT2D eigenvalue weighted by atomic mass is 35.5. The van der Waals surface area contributed by atoms with Crippen molar-refractivity contribution in [3.05, 3.63) is 33.8 Å². The van der Waals surface area contributed by atoms with Crippen LogP contribution in [-0.4, -0.2) is 36.7 Å². The van der Waals surface area contributed by atoms with Gasteiger partial charge < -0.3 is 15.2 Å². The first-order valence-electron chi connectivity index (χ1n) is 6.40. The van der Waals surface area contributed by atoms with Crippen LogP contribution in [-0.2, 0) is 14.3 Å². The Balaban J connectivity index is 1.98. The molecule has 1 aliphatic rings. The van der Waals surface area contributed by atoms with Crippen LogP contribution in [0.1, 0.15) is 17.9 Å². The Labute approximate surface area is 132 Å². The molecule has 0 heterocycles. The van der Waals surface area contributed by atoms with Crippen molar-refractivity contribution >= 4 is 35.1 Å². The van der Waals surface area contributed by atoms with Crippen molar-refractivity contribution in [3.8, 4) is 0 Å². The molecule has 0 saturated heterocycles. The third-order valence-corrected chi connectivity index (χ3v) is 3.82. The summed E-state index contributed by atoms with van der Waals surface area (Å²) in [5.74, 6) is -1.63. The lowest BCUT2D eigenvalue weighted by Crippen LogP contribution is -2.44. The lowest BCUT2D eigenvalue weighted by Gasteiger charge is -2.13. The van der Waals surface area contributed by atoms with E-state index in [0.717, 1.165) is 5.56 Å². The van der Waals surface area contributed by atoms with Crippen LogP contribution in [0.25, 0.3) is 0 Å². The summed E-state index contributed by atoms with van der Waals surface area (Å²) in [6, 6.07) is 4.14. The van der Waals surface area contributed by atoms with Crippen LogP contribution in [0.2, 0.25) is 10.0 Å². The quantitative estimate of drug-likeness (QED) is 0.838. The lowest BCUT2D eigenvalue weighted by molar-refractivity contribution is -0.143. The van der Waals surface area contributed by atoms with Crippen LogP contribution in [0, 0.1) is 5.92 Å². The van der Waals surface area contributed by atoms with E-state index >= 15 is 0 Å². The number of carboxylic acid groups (broad SMARTS) is 1. The average Bonchev–Trinajstić information content (AvgIpc) is 3.17. The van der Waals surface area contributed by atoms with Crippen molar-refractivity contribution in [1.82, 2.24) is 5.32 Å². The van der Waals surface area contributed by atoms with Gasteiger partial charge in [-0.2, -0.15) is 0 Å². The molecular weight excluding hydrogens is 317 g/mol. The smallest absolute Gasteiger partial charge is 0.328 e. The van der Waals surface area contributed by atoms with E-state index in [9.17, 15) is 9.59 Å². The number of carbonyl (C=O) groups excluding carboxylic acids is 1. The number of carboxylic acids is 1. The number of ether oxygens (including phenoxy) is 1. The molecule has 0 aromatic heterocycles. The van der Waals surface area contributed by atoms with E-state index in [-0.39, 0.29) is 24.3 Å². The summed E-state index contributed by atoms with van der Waals surface area (Å²) >= 11 is 11.9. The number of hydrogen-bond acceptors (Lipinski definition) is 3. The molecule has 1 aromatic carbocycles. The van der Waals surface area contributed by atoms with Gasteiger partial charge in [0.05, 0.1) is 6.61 Å². The Morgan fingerprint density at radius 3 is 2.52 bits per heavy atom. The van der Waals surface area contributed by atoms with Crippen molar-refractivity contribution in [3.63, 3.8) is 0 Å². The maximum absolute atomic E-state index is 12.1. The molecule has 0 aliphatic heterocycles. The summed E-state index contributed by atoms with van der Waals surface area (Å²) in [5, 5.41) is 12.5. The average molecular weight is 332 g/mol. The second kappa shape index (κ2) is 6.64. The maximum Gasteiger partial charge on any atom is 0.328 e. The fourth-order valence-electron chi connectivity index (χ4n) is 2.26. The molecule has 1 aliphatic carbocycles. The highest BCUT2D eigenvalue weighted by Crippen LogP contribution is 2.48. The number of rotatable bonds is 6. The number of carbonyl (C=O) groups is 2. The second-order valence-electron chi connectivity index (χ2n) is 5.01. The van der Waals surface area contributed by atoms with E-state index in [4.69, 9.17) is 33.0 Å². The van der Waals surface area contributed by atoms with Crippen molar-refractivity contribution in [2.75, 3.05) is 13.7 Å². The first-order valence-corrected chi connectivity index (χ1v) is 7.16. The lowest BCUT2D eigenvalue weighted by atomic mass is 10.1. The molecule has 21 heavy (non-hydrogen) atoms. The molecule has 3 atom stereocenters. The van der Waals surface area contributed by atoms with Gasteiger partial charge in [-0.25, -0.2) is 4.79 Å². The molecule has 1 aromatic rings. The van der Waals surface area contributed by atoms with Gasteiger partial charge in [-0.15, -0.1) is 0 Å². The van der Waals surface area contributed by atoms with Crippen molar-refractivity contribution in [1.29, 1.82) is 0 Å². The van der Waals surface area contributed by atoms with Gasteiger partial charge in [0.15, 0.2) is 6.04 Å². The van der Waals surface area contributed by atoms with E-state index < -0.39 is 12.0 Å². The third kappa shape index (κ3) is 4.09. The SMILES string of the molecule is COCC(NC(=O)C1CC1c1cc(Cl)cc(Cl)c1)C(=O)O. The van der Waals surface area contributed by atoms with Gasteiger partial charge in [0.25, 0.3) is 0 Å². The van der Waals surface area contributed by atoms with E-state index in [1.165, 1.54) is 7.11 Å². The Kier molecular flexibility index (Phi) is 5.08. The van der Waals surface area contributed by atoms with Crippen LogP contribution < -0.4 is 5.32 Å². The predicted molar refractivity (Wildman–Crippen MR) is 78.8 cm³/mol. The Morgan fingerprint density at radius 2 is 2.00 bits per heavy atom. The molecule has 2 N–H and O–H groups in total. The monoisotopic (exact) mass is 331 g/mol. The van der Waals surface area contributed by atoms with Gasteiger partial charge in [-0.1, -0.05) is 23.2 Å². The number of benzene rings is 1. The van der Waals surface area contributed by atoms with E-state index in [0.29, 0.717) is 16.5 Å². The second-order valence-corrected chi connectivity index (χ2v) is 5.88. The normalized spacial score (nSPS) is 21.7. The van der Waals surface area contributed by atoms with Gasteiger partial charge in [0, 0.05) is 23.1 Å². The summed E-state index contributed by atoms with van der Waals surface area (Å²) in [7, 11) is 1.38. The van der Waals surface area contributed by atoms with E-state index in [1.807, 2.05) is 0 Å². The van der Waals surface area contributed by atoms with Crippen LogP contribution in [0.3, 0.4) is 0 Å². The first kappa shape index (κ1) is 16.1. The highest BCUT2D eigenvalue weighted by Gasteiger charge is 2.45. The van der Waals surface area contributed by atoms with Gasteiger partial charge in [-0.05, 0) is 36.1 Å². The molecule has 0 bridgehead atoms. The molecule has 1 fully saturated rings. The Bertz CT molecular complexity index is 544. The van der Waals surface area contributed by atoms with Gasteiger partial charge in [0.1, 0.15) is 0 Å². The minimum atomic E-state index is -1.12. The molecule has 7 heteroatoms. The molecule has 1 saturated carbocycles. The van der Waals surface area contributed by atoms with E-state index in [2.05, 4.69) is 5.32 Å². The molecule has 2 rings (SSSR count). The van der Waals surface area contributed by atoms with Crippen molar-refractivity contribution in [2.45, 2.75) is 18.4 Å². The number of halogens is 2. The summed E-state index contributed by atoms with van der Waals surface area (Å²) in [6.07, 6.45) is 0.655. The van der Waals surface area contributed by atoms with Crippen LogP contribution in [0.15, 0.2) is 18.2 Å². The summed E-state index contributed by atoms with van der Waals surface area (Å²) in [5.41, 5.74) is 0.895. The standard InChI is InChI=1S/C14H15Cl2NO4/c1-21-6-12(14(19)20)17-13(18)11-5-10(11)7-2-8(15)4-9(16)3-7/h2-4,10-12H,5-6H2,1H3,(H,17,18)(H,19,20). The molecule has 0 radical (unpaired) electrons. The van der Waals surface area contributed by atoms with Crippen LogP contribution >= 0.6 is 23.2 Å². The fourth-order valence-corrected chi connectivity index (χ4v) is 2.81. The molecule has 1 amide bonds. The first-order chi connectivity index (χ1) is 9.92. The topological polar surface area (TPSA) is 75.6 Å². The fraction of sp³-hybridized carbons (Fsp3) is 0.429. The predicted octanol–water partition coefficient (Wildman–Crippen LogP) is 2.31. The van der Waals surface area contributed by atoms with Gasteiger partial charge >= 0.3 is 5.97 Å². The molecule has 5 nitrogen and oxygen atoms in total. The number of nitrogens with one attached hydrogen (secondary N) is 1. The largest absolute Gasteiger partial charge is 0.480 e. The molecule has 0 spiro atoms. The molecule has 114 valence electrons. The minimum absolute atomic E-state index is 0.0261. The Hall–Kier alpha value is -1.30.